The molecular weight excluding hydrogens is 409 g/mol. The second-order valence-electron chi connectivity index (χ2n) is 5.48. The van der Waals surface area contributed by atoms with Crippen molar-refractivity contribution in [3.8, 4) is 5.75 Å². The summed E-state index contributed by atoms with van der Waals surface area (Å²) in [4.78, 5) is 14.5. The van der Waals surface area contributed by atoms with Gasteiger partial charge in [0.05, 0.1) is 4.91 Å². The molecule has 26 heavy (non-hydrogen) atoms. The quantitative estimate of drug-likeness (QED) is 0.449. The summed E-state index contributed by atoms with van der Waals surface area (Å²) in [5.74, 6) is 0.649. The van der Waals surface area contributed by atoms with E-state index >= 15 is 0 Å². The van der Waals surface area contributed by atoms with Crippen LogP contribution < -0.4 is 4.74 Å². The van der Waals surface area contributed by atoms with E-state index in [2.05, 4.69) is 0 Å². The lowest BCUT2D eigenvalue weighted by Crippen LogP contribution is -2.27. The molecule has 0 unspecified atom stereocenters. The largest absolute Gasteiger partial charge is 0.489 e. The molecule has 3 nitrogen and oxygen atoms in total. The number of nitrogens with zero attached hydrogens (tertiary/aromatic N) is 1. The zero-order chi connectivity index (χ0) is 18.7. The highest BCUT2D eigenvalue weighted by Gasteiger charge is 2.30. The van der Waals surface area contributed by atoms with Crippen molar-refractivity contribution < 1.29 is 9.53 Å². The van der Waals surface area contributed by atoms with Gasteiger partial charge in [0.2, 0.25) is 0 Å². The summed E-state index contributed by atoms with van der Waals surface area (Å²) in [5.41, 5.74) is 1.66. The Morgan fingerprint density at radius 3 is 2.38 bits per heavy atom. The zero-order valence-electron chi connectivity index (χ0n) is 13.9. The van der Waals surface area contributed by atoms with Gasteiger partial charge in [-0.3, -0.25) is 9.69 Å². The number of carbonyl (C=O) groups excluding carboxylic acids is 1. The predicted octanol–water partition coefficient (Wildman–Crippen LogP) is 5.79. The standard InChI is InChI=1S/C19H15Cl2NO2S2/c1-2-22-18(23)17(26-19(22)25)10-12-6-8-13(9-7-12)24-11-14-15(20)4-3-5-16(14)21/h3-10H,2,11H2,1H3/b17-10+. The van der Waals surface area contributed by atoms with Gasteiger partial charge in [0, 0.05) is 22.2 Å². The number of thioether (sulfide) groups is 1. The molecule has 3 rings (SSSR count). The number of hydrogen-bond acceptors (Lipinski definition) is 4. The molecule has 0 aliphatic carbocycles. The summed E-state index contributed by atoms with van der Waals surface area (Å²) in [7, 11) is 0. The normalized spacial score (nSPS) is 15.8. The zero-order valence-corrected chi connectivity index (χ0v) is 17.0. The molecule has 0 N–H and O–H groups in total. The Balaban J connectivity index is 1.69. The average molecular weight is 424 g/mol. The highest BCUT2D eigenvalue weighted by atomic mass is 35.5. The van der Waals surface area contributed by atoms with Gasteiger partial charge in [-0.1, -0.05) is 65.4 Å². The molecule has 1 aliphatic rings. The van der Waals surface area contributed by atoms with E-state index in [1.807, 2.05) is 37.3 Å². The molecule has 2 aromatic carbocycles. The summed E-state index contributed by atoms with van der Waals surface area (Å²) in [5, 5.41) is 1.15. The first-order valence-corrected chi connectivity index (χ1v) is 9.88. The highest BCUT2D eigenvalue weighted by Crippen LogP contribution is 2.32. The van der Waals surface area contributed by atoms with Crippen molar-refractivity contribution in [3.05, 3.63) is 68.5 Å². The molecule has 0 atom stereocenters. The Hall–Kier alpha value is -1.53. The van der Waals surface area contributed by atoms with E-state index in [1.54, 1.807) is 23.1 Å². The molecule has 0 aromatic heterocycles. The number of amides is 1. The molecule has 134 valence electrons. The number of carbonyl (C=O) groups is 1. The number of rotatable bonds is 5. The number of halogens is 2. The second-order valence-corrected chi connectivity index (χ2v) is 7.97. The number of hydrogen-bond donors (Lipinski definition) is 0. The first-order chi connectivity index (χ1) is 12.5. The van der Waals surface area contributed by atoms with Gasteiger partial charge in [-0.05, 0) is 42.8 Å². The minimum Gasteiger partial charge on any atom is -0.489 e. The van der Waals surface area contributed by atoms with Crippen molar-refractivity contribution in [2.24, 2.45) is 0 Å². The minimum absolute atomic E-state index is 0.0452. The fourth-order valence-electron chi connectivity index (χ4n) is 2.41. The van der Waals surface area contributed by atoms with Crippen LogP contribution in [0.2, 0.25) is 10.0 Å². The maximum absolute atomic E-state index is 12.2. The first-order valence-electron chi connectivity index (χ1n) is 7.90. The minimum atomic E-state index is -0.0452. The molecule has 1 heterocycles. The third kappa shape index (κ3) is 4.23. The smallest absolute Gasteiger partial charge is 0.266 e. The van der Waals surface area contributed by atoms with Crippen molar-refractivity contribution in [2.75, 3.05) is 6.54 Å². The van der Waals surface area contributed by atoms with Crippen LogP contribution in [0, 0.1) is 0 Å². The van der Waals surface area contributed by atoms with Gasteiger partial charge in [0.15, 0.2) is 0 Å². The molecule has 0 radical (unpaired) electrons. The van der Waals surface area contributed by atoms with E-state index in [-0.39, 0.29) is 12.5 Å². The molecule has 1 aliphatic heterocycles. The number of thiocarbonyl (C=S) groups is 1. The molecule has 1 saturated heterocycles. The molecular formula is C19H15Cl2NO2S2. The van der Waals surface area contributed by atoms with Gasteiger partial charge in [0.25, 0.3) is 5.91 Å². The fraction of sp³-hybridized carbons (Fsp3) is 0.158. The lowest BCUT2D eigenvalue weighted by Gasteiger charge is -2.10. The van der Waals surface area contributed by atoms with Crippen LogP contribution in [0.1, 0.15) is 18.1 Å². The van der Waals surface area contributed by atoms with Crippen LogP contribution in [0.5, 0.6) is 5.75 Å². The van der Waals surface area contributed by atoms with Crippen LogP contribution in [0.15, 0.2) is 47.4 Å². The van der Waals surface area contributed by atoms with Crippen molar-refractivity contribution in [1.82, 2.24) is 4.90 Å². The second kappa shape index (κ2) is 8.44. The summed E-state index contributed by atoms with van der Waals surface area (Å²) in [6.45, 7) is 2.78. The third-order valence-electron chi connectivity index (χ3n) is 3.81. The van der Waals surface area contributed by atoms with Crippen LogP contribution in [0.3, 0.4) is 0 Å². The van der Waals surface area contributed by atoms with Crippen LogP contribution in [0.25, 0.3) is 6.08 Å². The maximum Gasteiger partial charge on any atom is 0.266 e. The number of benzene rings is 2. The van der Waals surface area contributed by atoms with Gasteiger partial charge in [-0.15, -0.1) is 0 Å². The summed E-state index contributed by atoms with van der Waals surface area (Å²) in [6, 6.07) is 12.8. The van der Waals surface area contributed by atoms with E-state index in [9.17, 15) is 4.79 Å². The van der Waals surface area contributed by atoms with Crippen LogP contribution >= 0.6 is 47.2 Å². The van der Waals surface area contributed by atoms with Gasteiger partial charge in [-0.25, -0.2) is 0 Å². The molecule has 2 aromatic rings. The van der Waals surface area contributed by atoms with E-state index in [0.29, 0.717) is 31.6 Å². The highest BCUT2D eigenvalue weighted by molar-refractivity contribution is 8.26. The van der Waals surface area contributed by atoms with Crippen molar-refractivity contribution in [2.45, 2.75) is 13.5 Å². The van der Waals surface area contributed by atoms with E-state index < -0.39 is 0 Å². The van der Waals surface area contributed by atoms with Gasteiger partial charge < -0.3 is 4.74 Å². The third-order valence-corrected chi connectivity index (χ3v) is 5.90. The lowest BCUT2D eigenvalue weighted by atomic mass is 10.2. The topological polar surface area (TPSA) is 29.5 Å². The maximum atomic E-state index is 12.2. The van der Waals surface area contributed by atoms with E-state index in [1.165, 1.54) is 11.8 Å². The number of ether oxygens (including phenoxy) is 1. The van der Waals surface area contributed by atoms with Gasteiger partial charge in [0.1, 0.15) is 16.7 Å². The monoisotopic (exact) mass is 423 g/mol. The van der Waals surface area contributed by atoms with Crippen LogP contribution in [-0.2, 0) is 11.4 Å². The lowest BCUT2D eigenvalue weighted by molar-refractivity contribution is -0.121. The van der Waals surface area contributed by atoms with Crippen molar-refractivity contribution in [3.63, 3.8) is 0 Å². The Morgan fingerprint density at radius 1 is 1.15 bits per heavy atom. The molecule has 1 amide bonds. The molecule has 1 fully saturated rings. The summed E-state index contributed by atoms with van der Waals surface area (Å²) in [6.07, 6.45) is 1.84. The fourth-order valence-corrected chi connectivity index (χ4v) is 4.30. The molecule has 0 saturated carbocycles. The molecule has 0 bridgehead atoms. The Morgan fingerprint density at radius 2 is 1.81 bits per heavy atom. The van der Waals surface area contributed by atoms with E-state index in [4.69, 9.17) is 40.2 Å². The molecule has 0 spiro atoms. The Labute approximate surface area is 171 Å². The number of likely N-dealkylation sites (N-methyl/N-ethyl adjacent to an activating group) is 1. The summed E-state index contributed by atoms with van der Waals surface area (Å²) < 4.78 is 6.36. The Bertz CT molecular complexity index is 861. The average Bonchev–Trinajstić information content (AvgIpc) is 2.89. The Kier molecular flexibility index (Phi) is 6.24. The van der Waals surface area contributed by atoms with Crippen LogP contribution in [-0.4, -0.2) is 21.7 Å². The summed E-state index contributed by atoms with van der Waals surface area (Å²) >= 11 is 18.8. The van der Waals surface area contributed by atoms with Crippen LogP contribution in [0.4, 0.5) is 0 Å². The first kappa shape index (κ1) is 19.2. The van der Waals surface area contributed by atoms with Gasteiger partial charge in [-0.2, -0.15) is 0 Å². The predicted molar refractivity (Wildman–Crippen MR) is 113 cm³/mol. The van der Waals surface area contributed by atoms with Crippen molar-refractivity contribution >= 4 is 63.5 Å². The van der Waals surface area contributed by atoms with E-state index in [0.717, 1.165) is 11.1 Å². The molecule has 7 heteroatoms. The van der Waals surface area contributed by atoms with Crippen molar-refractivity contribution in [1.29, 1.82) is 0 Å². The van der Waals surface area contributed by atoms with Gasteiger partial charge >= 0.3 is 0 Å². The SMILES string of the molecule is CCN1C(=O)/C(=C\c2ccc(OCc3c(Cl)cccc3Cl)cc2)SC1=S.